The first kappa shape index (κ1) is 53.7. The van der Waals surface area contributed by atoms with Crippen molar-refractivity contribution in [1.82, 2.24) is 10.6 Å². The highest BCUT2D eigenvalue weighted by molar-refractivity contribution is 5.87. The molecule has 25 heteroatoms. The largest absolute Gasteiger partial charge is 0.460 e. The third kappa shape index (κ3) is 11.4. The molecule has 0 bridgehead atoms. The Morgan fingerprint density at radius 2 is 1.14 bits per heavy atom. The Labute approximate surface area is 327 Å². The van der Waals surface area contributed by atoms with Gasteiger partial charge in [0.25, 0.3) is 5.91 Å². The molecular weight excluding hydrogens is 855 g/mol. The van der Waals surface area contributed by atoms with Crippen LogP contribution in [-0.4, -0.2) is 103 Å². The molecule has 2 unspecified atom stereocenters. The zero-order valence-corrected chi connectivity index (χ0v) is 32.8. The molecule has 2 amide bonds. The summed E-state index contributed by atoms with van der Waals surface area (Å²) in [7, 11) is 0. The monoisotopic (exact) mass is 900 g/mol. The van der Waals surface area contributed by atoms with E-state index in [0.29, 0.717) is 6.42 Å². The molecule has 0 aromatic heterocycles. The first-order valence-electron chi connectivity index (χ1n) is 17.3. The van der Waals surface area contributed by atoms with E-state index in [-0.39, 0.29) is 38.0 Å². The van der Waals surface area contributed by atoms with Crippen molar-refractivity contribution < 1.29 is 103 Å². The van der Waals surface area contributed by atoms with Crippen molar-refractivity contribution in [3.8, 4) is 0 Å². The summed E-state index contributed by atoms with van der Waals surface area (Å²) in [5.41, 5.74) is -3.74. The maximum Gasteiger partial charge on any atom is 0.460 e. The second kappa shape index (κ2) is 16.9. The van der Waals surface area contributed by atoms with Crippen LogP contribution in [0.15, 0.2) is 12.2 Å². The minimum atomic E-state index is -8.74. The van der Waals surface area contributed by atoms with Crippen LogP contribution >= 0.6 is 0 Å². The first-order valence-corrected chi connectivity index (χ1v) is 17.3. The van der Waals surface area contributed by atoms with Gasteiger partial charge >= 0.3 is 59.7 Å². The predicted molar refractivity (Wildman–Crippen MR) is 172 cm³/mol. The summed E-state index contributed by atoms with van der Waals surface area (Å²) in [6, 6.07) is -0.940. The predicted octanol–water partition coefficient (Wildman–Crippen LogP) is 9.90. The Morgan fingerprint density at radius 3 is 1.59 bits per heavy atom. The smallest absolute Gasteiger partial charge is 0.456 e. The SMILES string of the molecule is C=C(C)C(=O)OC(C)(C)CCOC(C)(C)C(=O)NCC1(C)CC(NC(=O)OCCC(F)(F)C(F)(F)C(F)(F)C(F)(F)C(F)(F)C(F)(F)C(F)(F)C(F)(F)F)CC(C)(C)C1. The van der Waals surface area contributed by atoms with Gasteiger partial charge in [0.15, 0.2) is 0 Å². The first-order chi connectivity index (χ1) is 25.8. The molecule has 1 saturated carbocycles. The van der Waals surface area contributed by atoms with Crippen LogP contribution in [0.1, 0.15) is 87.5 Å². The quantitative estimate of drug-likeness (QED) is 0.0761. The molecule has 0 saturated heterocycles. The Kier molecular flexibility index (Phi) is 15.4. The molecule has 8 nitrogen and oxygen atoms in total. The number of hydrogen-bond donors (Lipinski definition) is 2. The van der Waals surface area contributed by atoms with E-state index in [0.717, 1.165) is 0 Å². The number of esters is 1. The van der Waals surface area contributed by atoms with Crippen LogP contribution in [0.2, 0.25) is 0 Å². The van der Waals surface area contributed by atoms with Gasteiger partial charge in [-0.2, -0.15) is 74.6 Å². The van der Waals surface area contributed by atoms with Crippen molar-refractivity contribution in [3.05, 3.63) is 12.2 Å². The average molecular weight is 901 g/mol. The highest BCUT2D eigenvalue weighted by atomic mass is 19.4. The number of amides is 2. The zero-order valence-electron chi connectivity index (χ0n) is 32.8. The number of carbonyl (C=O) groups is 3. The lowest BCUT2D eigenvalue weighted by Gasteiger charge is -2.47. The minimum absolute atomic E-state index is 0.0111. The van der Waals surface area contributed by atoms with Crippen LogP contribution in [0.3, 0.4) is 0 Å². The summed E-state index contributed by atoms with van der Waals surface area (Å²) in [6.07, 6.45) is -11.8. The van der Waals surface area contributed by atoms with Crippen LogP contribution in [-0.2, 0) is 23.8 Å². The summed E-state index contributed by atoms with van der Waals surface area (Å²) in [5.74, 6) is -58.6. The number of alkyl carbamates (subject to hydrolysis) is 1. The van der Waals surface area contributed by atoms with Crippen LogP contribution in [0.4, 0.5) is 79.4 Å². The van der Waals surface area contributed by atoms with Crippen molar-refractivity contribution in [1.29, 1.82) is 0 Å². The van der Waals surface area contributed by atoms with Crippen LogP contribution in [0, 0.1) is 10.8 Å². The van der Waals surface area contributed by atoms with Gasteiger partial charge < -0.3 is 24.8 Å². The van der Waals surface area contributed by atoms with Crippen LogP contribution in [0.5, 0.6) is 0 Å². The highest BCUT2D eigenvalue weighted by Crippen LogP contribution is 2.64. The van der Waals surface area contributed by atoms with E-state index < -0.39 is 107 Å². The molecule has 2 N–H and O–H groups in total. The van der Waals surface area contributed by atoms with Gasteiger partial charge in [0.2, 0.25) is 0 Å². The van der Waals surface area contributed by atoms with E-state index >= 15 is 0 Å². The molecule has 1 rings (SSSR count). The number of rotatable bonds is 19. The normalized spacial score (nSPS) is 20.5. The fraction of sp³-hybridized carbons (Fsp3) is 0.853. The van der Waals surface area contributed by atoms with Gasteiger partial charge in [-0.1, -0.05) is 27.4 Å². The van der Waals surface area contributed by atoms with Gasteiger partial charge in [-0.25, -0.2) is 9.59 Å². The lowest BCUT2D eigenvalue weighted by atomic mass is 9.62. The van der Waals surface area contributed by atoms with E-state index in [9.17, 15) is 89.0 Å². The number of nitrogens with one attached hydrogen (secondary N) is 2. The Morgan fingerprint density at radius 1 is 0.678 bits per heavy atom. The van der Waals surface area contributed by atoms with Crippen molar-refractivity contribution in [2.75, 3.05) is 19.8 Å². The molecule has 0 radical (unpaired) electrons. The van der Waals surface area contributed by atoms with Crippen molar-refractivity contribution in [2.24, 2.45) is 10.8 Å². The third-order valence-electron chi connectivity index (χ3n) is 9.31. The van der Waals surface area contributed by atoms with Gasteiger partial charge in [0.1, 0.15) is 11.2 Å². The van der Waals surface area contributed by atoms with Gasteiger partial charge in [0, 0.05) is 24.6 Å². The second-order valence-electron chi connectivity index (χ2n) is 16.7. The average Bonchev–Trinajstić information content (AvgIpc) is 3.00. The Balaban J connectivity index is 3.00. The maximum absolute atomic E-state index is 14.3. The summed E-state index contributed by atoms with van der Waals surface area (Å²) in [6.45, 7) is 14.0. The summed E-state index contributed by atoms with van der Waals surface area (Å²) in [4.78, 5) is 37.3. The summed E-state index contributed by atoms with van der Waals surface area (Å²) in [5, 5.41) is 4.88. The van der Waals surface area contributed by atoms with Crippen LogP contribution < -0.4 is 10.6 Å². The number of hydrogen-bond acceptors (Lipinski definition) is 6. The van der Waals surface area contributed by atoms with Crippen molar-refractivity contribution >= 4 is 18.0 Å². The summed E-state index contributed by atoms with van der Waals surface area (Å²) >= 11 is 0. The van der Waals surface area contributed by atoms with E-state index in [1.807, 2.05) is 0 Å². The molecule has 2 atom stereocenters. The number of ether oxygens (including phenoxy) is 3. The van der Waals surface area contributed by atoms with Crippen LogP contribution in [0.25, 0.3) is 0 Å². The second-order valence-corrected chi connectivity index (χ2v) is 16.7. The summed E-state index contributed by atoms with van der Waals surface area (Å²) < 4.78 is 245. The lowest BCUT2D eigenvalue weighted by Crippen LogP contribution is -2.74. The van der Waals surface area contributed by atoms with E-state index in [2.05, 4.69) is 21.9 Å². The number of alkyl halides is 17. The highest BCUT2D eigenvalue weighted by Gasteiger charge is 2.95. The van der Waals surface area contributed by atoms with Crippen molar-refractivity contribution in [2.45, 2.75) is 152 Å². The molecule has 346 valence electrons. The number of carbonyl (C=O) groups excluding carboxylic acids is 3. The molecule has 0 aromatic carbocycles. The minimum Gasteiger partial charge on any atom is -0.456 e. The van der Waals surface area contributed by atoms with Gasteiger partial charge in [0.05, 0.1) is 19.6 Å². The number of halogens is 17. The van der Waals surface area contributed by atoms with Gasteiger partial charge in [-0.15, -0.1) is 0 Å². The standard InChI is InChI=1S/C34H45F17N2O6/c1-18(2)20(54)59-24(5,6)10-13-58-25(7,8)21(55)52-17-26(9)15-19(14-23(3,4)16-26)53-22(56)57-12-11-27(35,36)28(37,38)29(39,40)30(41,42)31(43,44)32(45,46)33(47,48)34(49,50)51/h19H,1,10-17H2,2-9H3,(H,52,55)(H,53,56). The maximum atomic E-state index is 14.3. The van der Waals surface area contributed by atoms with Gasteiger partial charge in [-0.05, 0) is 64.7 Å². The molecule has 0 heterocycles. The topological polar surface area (TPSA) is 103 Å². The van der Waals surface area contributed by atoms with Crippen molar-refractivity contribution in [3.63, 3.8) is 0 Å². The molecule has 59 heavy (non-hydrogen) atoms. The molecule has 1 fully saturated rings. The third-order valence-corrected chi connectivity index (χ3v) is 9.31. The fourth-order valence-electron chi connectivity index (χ4n) is 6.22. The lowest BCUT2D eigenvalue weighted by molar-refractivity contribution is -0.461. The molecule has 0 aliphatic heterocycles. The Hall–Kier alpha value is -3.28. The fourth-order valence-corrected chi connectivity index (χ4v) is 6.22. The van der Waals surface area contributed by atoms with E-state index in [4.69, 9.17) is 9.47 Å². The van der Waals surface area contributed by atoms with E-state index in [1.165, 1.54) is 20.8 Å². The Bertz CT molecular complexity index is 1550. The molecule has 0 aromatic rings. The van der Waals surface area contributed by atoms with Gasteiger partial charge in [-0.3, -0.25) is 4.79 Å². The molecule has 1 aliphatic carbocycles. The molecular formula is C34H45F17N2O6. The van der Waals surface area contributed by atoms with E-state index in [1.54, 1.807) is 34.6 Å². The molecule has 1 aliphatic rings. The zero-order chi connectivity index (χ0) is 47.1. The molecule has 0 spiro atoms.